The van der Waals surface area contributed by atoms with Gasteiger partial charge in [-0.05, 0) is 29.8 Å². The first-order chi connectivity index (χ1) is 13.0. The lowest BCUT2D eigenvalue weighted by Crippen LogP contribution is -2.28. The molecule has 2 aliphatic rings. The van der Waals surface area contributed by atoms with E-state index in [2.05, 4.69) is 35.0 Å². The molecule has 5 rings (SSSR count). The molecule has 3 aromatic rings. The number of rotatable bonds is 2. The van der Waals surface area contributed by atoms with Crippen molar-refractivity contribution in [3.05, 3.63) is 64.3 Å². The third kappa shape index (κ3) is 2.45. The monoisotopic (exact) mass is 379 g/mol. The molecule has 0 bridgehead atoms. The number of fused-ring (bicyclic) bond motifs is 2. The second-order valence-electron chi connectivity index (χ2n) is 7.29. The SMILES string of the molecule is C[C@@H]1CN2C(=N[C@H](c3ccccn3)[C@@H]2c2ccc3c(c2)n(C)c(=O)n3C)S1. The molecular formula is C20H21N5OS. The van der Waals surface area contributed by atoms with Gasteiger partial charge < -0.3 is 4.90 Å². The molecule has 7 heteroatoms. The predicted molar refractivity (Wildman–Crippen MR) is 109 cm³/mol. The average molecular weight is 379 g/mol. The van der Waals surface area contributed by atoms with Crippen LogP contribution < -0.4 is 5.69 Å². The van der Waals surface area contributed by atoms with E-state index in [0.29, 0.717) is 5.25 Å². The van der Waals surface area contributed by atoms with Crippen molar-refractivity contribution in [2.75, 3.05) is 6.54 Å². The van der Waals surface area contributed by atoms with Crippen molar-refractivity contribution >= 4 is 28.0 Å². The predicted octanol–water partition coefficient (Wildman–Crippen LogP) is 2.86. The van der Waals surface area contributed by atoms with E-state index in [0.717, 1.165) is 28.4 Å². The maximum absolute atomic E-state index is 12.3. The van der Waals surface area contributed by atoms with Gasteiger partial charge in [0.15, 0.2) is 5.17 Å². The quantitative estimate of drug-likeness (QED) is 0.687. The van der Waals surface area contributed by atoms with Gasteiger partial charge in [0.05, 0.1) is 22.8 Å². The number of amidine groups is 1. The second kappa shape index (κ2) is 5.99. The van der Waals surface area contributed by atoms with Gasteiger partial charge in [-0.2, -0.15) is 0 Å². The van der Waals surface area contributed by atoms with Gasteiger partial charge in [-0.25, -0.2) is 4.79 Å². The molecule has 138 valence electrons. The summed E-state index contributed by atoms with van der Waals surface area (Å²) >= 11 is 1.84. The Labute approximate surface area is 161 Å². The Morgan fingerprint density at radius 1 is 1.11 bits per heavy atom. The second-order valence-corrected chi connectivity index (χ2v) is 8.69. The standard InChI is InChI=1S/C20H21N5OS/c1-12-11-25-18(17(22-19(25)27-12)14-6-4-5-9-21-14)13-7-8-15-16(10-13)24(3)20(26)23(15)2/h4-10,12,17-18H,11H2,1-3H3/t12-,17-,18+/m1/s1. The Hall–Kier alpha value is -2.54. The van der Waals surface area contributed by atoms with Gasteiger partial charge in [-0.1, -0.05) is 30.8 Å². The summed E-state index contributed by atoms with van der Waals surface area (Å²) < 4.78 is 3.41. The van der Waals surface area contributed by atoms with E-state index in [9.17, 15) is 4.79 Å². The lowest BCUT2D eigenvalue weighted by Gasteiger charge is -2.27. The number of hydrogen-bond acceptors (Lipinski definition) is 5. The lowest BCUT2D eigenvalue weighted by atomic mass is 9.96. The molecule has 1 saturated heterocycles. The fourth-order valence-corrected chi connectivity index (χ4v) is 5.28. The number of aryl methyl sites for hydroxylation is 2. The van der Waals surface area contributed by atoms with Gasteiger partial charge in [-0.15, -0.1) is 0 Å². The first kappa shape index (κ1) is 16.6. The van der Waals surface area contributed by atoms with Gasteiger partial charge in [0.1, 0.15) is 6.04 Å². The molecule has 3 atom stereocenters. The summed E-state index contributed by atoms with van der Waals surface area (Å²) in [6.07, 6.45) is 1.83. The molecule has 0 unspecified atom stereocenters. The number of nitrogens with zero attached hydrogens (tertiary/aromatic N) is 5. The zero-order chi connectivity index (χ0) is 18.7. The molecular weight excluding hydrogens is 358 g/mol. The van der Waals surface area contributed by atoms with E-state index in [4.69, 9.17) is 4.99 Å². The van der Waals surface area contributed by atoms with Gasteiger partial charge >= 0.3 is 5.69 Å². The van der Waals surface area contributed by atoms with Crippen LogP contribution in [0.15, 0.2) is 52.4 Å². The summed E-state index contributed by atoms with van der Waals surface area (Å²) in [5.41, 5.74) is 4.06. The number of pyridine rings is 1. The lowest BCUT2D eigenvalue weighted by molar-refractivity contribution is 0.321. The van der Waals surface area contributed by atoms with Crippen LogP contribution in [-0.2, 0) is 14.1 Å². The zero-order valence-corrected chi connectivity index (χ0v) is 16.3. The fourth-order valence-electron chi connectivity index (χ4n) is 4.19. The third-order valence-electron chi connectivity index (χ3n) is 5.52. The minimum absolute atomic E-state index is 0.00265. The molecule has 1 aromatic carbocycles. The summed E-state index contributed by atoms with van der Waals surface area (Å²) in [5, 5.41) is 1.63. The fraction of sp³-hybridized carbons (Fsp3) is 0.350. The van der Waals surface area contributed by atoms with Crippen LogP contribution in [0, 0.1) is 0 Å². The van der Waals surface area contributed by atoms with E-state index in [1.54, 1.807) is 9.13 Å². The van der Waals surface area contributed by atoms with E-state index < -0.39 is 0 Å². The highest BCUT2D eigenvalue weighted by Gasteiger charge is 2.43. The van der Waals surface area contributed by atoms with Crippen molar-refractivity contribution in [1.82, 2.24) is 19.0 Å². The van der Waals surface area contributed by atoms with E-state index >= 15 is 0 Å². The molecule has 2 aromatic heterocycles. The van der Waals surface area contributed by atoms with E-state index in [-0.39, 0.29) is 17.8 Å². The van der Waals surface area contributed by atoms with Crippen molar-refractivity contribution in [3.63, 3.8) is 0 Å². The molecule has 0 radical (unpaired) electrons. The molecule has 6 nitrogen and oxygen atoms in total. The molecule has 27 heavy (non-hydrogen) atoms. The van der Waals surface area contributed by atoms with Crippen LogP contribution in [0.4, 0.5) is 0 Å². The van der Waals surface area contributed by atoms with Crippen molar-refractivity contribution in [3.8, 4) is 0 Å². The summed E-state index contributed by atoms with van der Waals surface area (Å²) in [5.74, 6) is 0. The Morgan fingerprint density at radius 3 is 2.70 bits per heavy atom. The average Bonchev–Trinajstić information content (AvgIpc) is 3.28. The van der Waals surface area contributed by atoms with Crippen LogP contribution in [0.1, 0.15) is 30.3 Å². The minimum atomic E-state index is -0.0283. The maximum Gasteiger partial charge on any atom is 0.328 e. The Kier molecular flexibility index (Phi) is 3.69. The first-order valence-corrected chi connectivity index (χ1v) is 10.00. The topological polar surface area (TPSA) is 55.4 Å². The van der Waals surface area contributed by atoms with Gasteiger partial charge in [-0.3, -0.25) is 19.1 Å². The van der Waals surface area contributed by atoms with Crippen LogP contribution in [0.2, 0.25) is 0 Å². The summed E-state index contributed by atoms with van der Waals surface area (Å²) in [7, 11) is 3.64. The highest BCUT2D eigenvalue weighted by atomic mass is 32.2. The number of imidazole rings is 1. The number of benzene rings is 1. The smallest absolute Gasteiger partial charge is 0.328 e. The number of aliphatic imine (C=N–C) groups is 1. The molecule has 1 fully saturated rings. The normalized spacial score (nSPS) is 24.5. The highest BCUT2D eigenvalue weighted by molar-refractivity contribution is 8.14. The van der Waals surface area contributed by atoms with Crippen molar-refractivity contribution in [2.24, 2.45) is 19.1 Å². The van der Waals surface area contributed by atoms with Crippen molar-refractivity contribution in [2.45, 2.75) is 24.3 Å². The first-order valence-electron chi connectivity index (χ1n) is 9.12. The van der Waals surface area contributed by atoms with Crippen LogP contribution in [-0.4, -0.2) is 36.0 Å². The molecule has 2 aliphatic heterocycles. The minimum Gasteiger partial charge on any atom is -0.341 e. The van der Waals surface area contributed by atoms with Gasteiger partial charge in [0.2, 0.25) is 0 Å². The number of aromatic nitrogens is 3. The van der Waals surface area contributed by atoms with Crippen molar-refractivity contribution < 1.29 is 0 Å². The molecule has 0 saturated carbocycles. The molecule has 0 N–H and O–H groups in total. The summed E-state index contributed by atoms with van der Waals surface area (Å²) in [6.45, 7) is 3.21. The Balaban J connectivity index is 1.66. The molecule has 4 heterocycles. The Bertz CT molecular complexity index is 1120. The summed E-state index contributed by atoms with van der Waals surface area (Å²) in [4.78, 5) is 24.3. The molecule has 0 amide bonds. The van der Waals surface area contributed by atoms with Crippen LogP contribution in [0.5, 0.6) is 0 Å². The van der Waals surface area contributed by atoms with E-state index in [1.807, 2.05) is 50.3 Å². The highest BCUT2D eigenvalue weighted by Crippen LogP contribution is 2.47. The third-order valence-corrected chi connectivity index (χ3v) is 6.62. The van der Waals surface area contributed by atoms with E-state index in [1.165, 1.54) is 5.56 Å². The maximum atomic E-state index is 12.3. The van der Waals surface area contributed by atoms with Crippen LogP contribution in [0.25, 0.3) is 11.0 Å². The van der Waals surface area contributed by atoms with Crippen molar-refractivity contribution in [1.29, 1.82) is 0 Å². The molecule has 0 spiro atoms. The van der Waals surface area contributed by atoms with Gasteiger partial charge in [0.25, 0.3) is 0 Å². The number of thioether (sulfide) groups is 1. The van der Waals surface area contributed by atoms with Crippen LogP contribution >= 0.6 is 11.8 Å². The van der Waals surface area contributed by atoms with Gasteiger partial charge in [0, 0.05) is 32.1 Å². The zero-order valence-electron chi connectivity index (χ0n) is 15.5. The molecule has 0 aliphatic carbocycles. The summed E-state index contributed by atoms with van der Waals surface area (Å²) in [6, 6.07) is 12.4. The Morgan fingerprint density at radius 2 is 1.93 bits per heavy atom. The largest absolute Gasteiger partial charge is 0.341 e. The van der Waals surface area contributed by atoms with Crippen LogP contribution in [0.3, 0.4) is 0 Å². The number of hydrogen-bond donors (Lipinski definition) is 0.